The van der Waals surface area contributed by atoms with Gasteiger partial charge in [-0.25, -0.2) is 9.48 Å². The number of hydrogen-bond acceptors (Lipinski definition) is 5. The molecule has 4 bridgehead atoms. The monoisotopic (exact) mass is 457 g/mol. The summed E-state index contributed by atoms with van der Waals surface area (Å²) in [5.74, 6) is -1.70. The zero-order chi connectivity index (χ0) is 22.8. The maximum atomic E-state index is 13.4. The minimum Gasteiger partial charge on any atom is -0.481 e. The summed E-state index contributed by atoms with van der Waals surface area (Å²) in [6.07, 6.45) is 5.59. The van der Waals surface area contributed by atoms with Gasteiger partial charge in [0, 0.05) is 5.69 Å². The fraction of sp³-hybridized carbons (Fsp3) is 0.478. The van der Waals surface area contributed by atoms with E-state index in [2.05, 4.69) is 10.4 Å². The molecule has 0 spiro atoms. The number of benzene rings is 1. The summed E-state index contributed by atoms with van der Waals surface area (Å²) in [6, 6.07) is 4.64. The predicted molar refractivity (Wildman–Crippen MR) is 118 cm³/mol. The van der Waals surface area contributed by atoms with E-state index in [1.54, 1.807) is 6.07 Å². The molecule has 0 amide bonds. The van der Waals surface area contributed by atoms with Crippen molar-refractivity contribution in [1.29, 1.82) is 0 Å². The van der Waals surface area contributed by atoms with E-state index in [0.29, 0.717) is 30.4 Å². The third kappa shape index (κ3) is 3.11. The number of nitrogens with one attached hydrogen (secondary N) is 1. The fourth-order valence-electron chi connectivity index (χ4n) is 6.61. The van der Waals surface area contributed by atoms with E-state index < -0.39 is 29.0 Å². The van der Waals surface area contributed by atoms with Gasteiger partial charge in [-0.15, -0.1) is 0 Å². The minimum absolute atomic E-state index is 0.0606. The molecular weight excluding hydrogens is 434 g/mol. The molecule has 9 heteroatoms. The Morgan fingerprint density at radius 2 is 1.84 bits per heavy atom. The van der Waals surface area contributed by atoms with Crippen LogP contribution in [0.3, 0.4) is 0 Å². The van der Waals surface area contributed by atoms with Gasteiger partial charge in [-0.3, -0.25) is 9.59 Å². The first-order chi connectivity index (χ1) is 15.2. The highest BCUT2D eigenvalue weighted by Gasteiger charge is 2.61. The van der Waals surface area contributed by atoms with Crippen molar-refractivity contribution in [3.63, 3.8) is 0 Å². The second kappa shape index (κ2) is 7.33. The lowest BCUT2D eigenvalue weighted by molar-refractivity contribution is -0.168. The third-order valence-corrected chi connectivity index (χ3v) is 8.00. The summed E-state index contributed by atoms with van der Waals surface area (Å²) in [5, 5.41) is 26.7. The number of carboxylic acid groups (broad SMARTS) is 2. The van der Waals surface area contributed by atoms with Crippen LogP contribution in [0.15, 0.2) is 29.2 Å². The first-order valence-corrected chi connectivity index (χ1v) is 11.2. The first kappa shape index (κ1) is 21.0. The highest BCUT2D eigenvalue weighted by atomic mass is 35.5. The van der Waals surface area contributed by atoms with Crippen LogP contribution in [-0.2, 0) is 10.3 Å². The number of hydrogen-bond donors (Lipinski definition) is 3. The molecule has 4 saturated carbocycles. The molecular formula is C23H24ClN3O5. The molecule has 0 unspecified atom stereocenters. The van der Waals surface area contributed by atoms with Crippen LogP contribution in [0.5, 0.6) is 0 Å². The lowest BCUT2D eigenvalue weighted by Crippen LogP contribution is -2.63. The van der Waals surface area contributed by atoms with Crippen molar-refractivity contribution in [2.45, 2.75) is 44.6 Å². The van der Waals surface area contributed by atoms with Gasteiger partial charge in [0.15, 0.2) is 0 Å². The van der Waals surface area contributed by atoms with Crippen LogP contribution in [0.2, 0.25) is 5.02 Å². The molecule has 1 aromatic carbocycles. The van der Waals surface area contributed by atoms with Crippen LogP contribution in [0.25, 0.3) is 0 Å². The zero-order valence-corrected chi connectivity index (χ0v) is 18.3. The molecule has 8 nitrogen and oxygen atoms in total. The van der Waals surface area contributed by atoms with E-state index in [1.165, 1.54) is 23.0 Å². The Labute approximate surface area is 189 Å². The van der Waals surface area contributed by atoms with Gasteiger partial charge in [-0.1, -0.05) is 17.7 Å². The van der Waals surface area contributed by atoms with Crippen LogP contribution in [0.1, 0.15) is 48.0 Å². The number of carbonyl (C=O) groups is 2. The van der Waals surface area contributed by atoms with Crippen LogP contribution in [-0.4, -0.2) is 31.9 Å². The fourth-order valence-corrected chi connectivity index (χ4v) is 6.78. The minimum atomic E-state index is -1.06. The summed E-state index contributed by atoms with van der Waals surface area (Å²) < 4.78 is 1.34. The summed E-state index contributed by atoms with van der Waals surface area (Å²) in [5.41, 5.74) is 0.283. The summed E-state index contributed by atoms with van der Waals surface area (Å²) in [7, 11) is 0. The molecule has 4 aliphatic rings. The number of nitrogens with zero attached hydrogens (tertiary/aromatic N) is 2. The number of aromatic nitrogens is 2. The normalized spacial score (nSPS) is 30.3. The molecule has 0 saturated heterocycles. The number of halogens is 1. The number of aromatic carboxylic acids is 1. The van der Waals surface area contributed by atoms with Gasteiger partial charge in [0.1, 0.15) is 5.02 Å². The molecule has 1 aromatic heterocycles. The Bertz CT molecular complexity index is 1180. The van der Waals surface area contributed by atoms with Crippen molar-refractivity contribution < 1.29 is 19.8 Å². The molecule has 1 heterocycles. The highest BCUT2D eigenvalue weighted by Crippen LogP contribution is 2.61. The van der Waals surface area contributed by atoms with Crippen LogP contribution in [0.4, 0.5) is 11.4 Å². The van der Waals surface area contributed by atoms with Gasteiger partial charge in [-0.05, 0) is 74.5 Å². The van der Waals surface area contributed by atoms with Crippen molar-refractivity contribution in [3.8, 4) is 0 Å². The van der Waals surface area contributed by atoms with E-state index in [1.807, 2.05) is 6.92 Å². The number of rotatable bonds is 5. The van der Waals surface area contributed by atoms with Crippen molar-refractivity contribution in [3.05, 3.63) is 50.9 Å². The Hall–Kier alpha value is -2.87. The molecule has 0 aliphatic heterocycles. The SMILES string of the molecule is Cc1ccc(C(=O)O)cc1Nc1cnn(C23C[C@@H]4CC(C[C@H](C4)C2)[C@H]3C(=O)O)c(=O)c1Cl. The zero-order valence-electron chi connectivity index (χ0n) is 17.5. The molecule has 3 atom stereocenters. The van der Waals surface area contributed by atoms with Crippen molar-refractivity contribution in [2.24, 2.45) is 23.7 Å². The van der Waals surface area contributed by atoms with E-state index in [-0.39, 0.29) is 22.2 Å². The smallest absolute Gasteiger partial charge is 0.335 e. The van der Waals surface area contributed by atoms with Gasteiger partial charge < -0.3 is 15.5 Å². The third-order valence-electron chi connectivity index (χ3n) is 7.63. The van der Waals surface area contributed by atoms with Gasteiger partial charge in [0.05, 0.1) is 28.9 Å². The number of carboxylic acids is 2. The Kier molecular flexibility index (Phi) is 4.81. The van der Waals surface area contributed by atoms with Crippen molar-refractivity contribution in [2.75, 3.05) is 5.32 Å². The Morgan fingerprint density at radius 3 is 2.47 bits per heavy atom. The largest absolute Gasteiger partial charge is 0.481 e. The van der Waals surface area contributed by atoms with E-state index >= 15 is 0 Å². The highest BCUT2D eigenvalue weighted by molar-refractivity contribution is 6.33. The molecule has 2 aromatic rings. The molecule has 6 rings (SSSR count). The average molecular weight is 458 g/mol. The summed E-state index contributed by atoms with van der Waals surface area (Å²) in [6.45, 7) is 1.81. The Morgan fingerprint density at radius 1 is 1.16 bits per heavy atom. The van der Waals surface area contributed by atoms with Gasteiger partial charge in [0.25, 0.3) is 5.56 Å². The molecule has 4 fully saturated rings. The number of anilines is 2. The number of aryl methyl sites for hydroxylation is 1. The average Bonchev–Trinajstić information content (AvgIpc) is 2.71. The lowest BCUT2D eigenvalue weighted by Gasteiger charge is -2.59. The lowest BCUT2D eigenvalue weighted by atomic mass is 9.48. The Balaban J connectivity index is 1.55. The molecule has 3 N–H and O–H groups in total. The molecule has 4 aliphatic carbocycles. The van der Waals surface area contributed by atoms with Crippen LogP contribution < -0.4 is 10.9 Å². The van der Waals surface area contributed by atoms with E-state index in [0.717, 1.165) is 24.8 Å². The van der Waals surface area contributed by atoms with E-state index in [9.17, 15) is 24.6 Å². The van der Waals surface area contributed by atoms with Gasteiger partial charge >= 0.3 is 11.9 Å². The van der Waals surface area contributed by atoms with Crippen LogP contribution in [0, 0.1) is 30.6 Å². The number of aliphatic carboxylic acids is 1. The van der Waals surface area contributed by atoms with Gasteiger partial charge in [0.2, 0.25) is 0 Å². The van der Waals surface area contributed by atoms with Gasteiger partial charge in [-0.2, -0.15) is 5.10 Å². The maximum absolute atomic E-state index is 13.4. The standard InChI is InChI=1S/C23H24ClN3O5/c1-11-2-3-14(21(29)30)7-16(11)26-17-10-25-27(20(28)19(17)24)23-8-12-4-13(9-23)6-15(5-12)18(23)22(31)32/h2-3,7,10,12-13,15,18,26H,4-6,8-9H2,1H3,(H,29,30)(H,31,32)/t12-,13-,15?,18-,23?/m0/s1. The second-order valence-electron chi connectivity index (χ2n) is 9.58. The van der Waals surface area contributed by atoms with Crippen LogP contribution >= 0.6 is 11.6 Å². The summed E-state index contributed by atoms with van der Waals surface area (Å²) >= 11 is 6.47. The topological polar surface area (TPSA) is 122 Å². The predicted octanol–water partition coefficient (Wildman–Crippen LogP) is 3.88. The van der Waals surface area contributed by atoms with E-state index in [4.69, 9.17) is 11.6 Å². The molecule has 0 radical (unpaired) electrons. The maximum Gasteiger partial charge on any atom is 0.335 e. The van der Waals surface area contributed by atoms with Crippen molar-refractivity contribution >= 4 is 34.9 Å². The molecule has 168 valence electrons. The first-order valence-electron chi connectivity index (χ1n) is 10.8. The summed E-state index contributed by atoms with van der Waals surface area (Å²) in [4.78, 5) is 36.9. The molecule has 32 heavy (non-hydrogen) atoms. The quantitative estimate of drug-likeness (QED) is 0.622. The van der Waals surface area contributed by atoms with Crippen molar-refractivity contribution in [1.82, 2.24) is 9.78 Å². The second-order valence-corrected chi connectivity index (χ2v) is 9.95.